The molecule has 8 atom stereocenters. The lowest BCUT2D eigenvalue weighted by Gasteiger charge is -2.25. The molecule has 2 fully saturated rings. The maximum atomic E-state index is 12.5. The summed E-state index contributed by atoms with van der Waals surface area (Å²) in [5.74, 6) is 0. The van der Waals surface area contributed by atoms with E-state index in [9.17, 15) is 14.6 Å². The van der Waals surface area contributed by atoms with Gasteiger partial charge in [-0.25, -0.2) is 4.57 Å². The molecule has 0 aromatic heterocycles. The lowest BCUT2D eigenvalue weighted by Crippen LogP contribution is -2.38. The van der Waals surface area contributed by atoms with Crippen molar-refractivity contribution < 1.29 is 42.6 Å². The van der Waals surface area contributed by atoms with Crippen molar-refractivity contribution in [3.63, 3.8) is 0 Å². The average molecular weight is 426 g/mol. The Morgan fingerprint density at radius 3 is 2.36 bits per heavy atom. The second-order valence-corrected chi connectivity index (χ2v) is 9.44. The fourth-order valence-electron chi connectivity index (χ4n) is 3.37. The number of aliphatic hydroxyl groups excluding tert-OH is 1. The van der Waals surface area contributed by atoms with Crippen LogP contribution in [0.5, 0.6) is 0 Å². The molecule has 0 amide bonds. The first kappa shape index (κ1) is 24.2. The minimum Gasteiger partial charge on any atom is -0.388 e. The smallest absolute Gasteiger partial charge is 0.388 e. The van der Waals surface area contributed by atoms with E-state index < -0.39 is 44.4 Å². The highest BCUT2D eigenvalue weighted by atomic mass is 31.2. The summed E-state index contributed by atoms with van der Waals surface area (Å²) in [7, 11) is -4.36. The Kier molecular flexibility index (Phi) is 8.88. The summed E-state index contributed by atoms with van der Waals surface area (Å²) in [5.41, 5.74) is 0. The summed E-state index contributed by atoms with van der Waals surface area (Å²) in [4.78, 5) is 10.2. The molecule has 2 rings (SSSR count). The maximum absolute atomic E-state index is 12.5. The highest BCUT2D eigenvalue weighted by Crippen LogP contribution is 2.48. The number of phosphoric acid groups is 1. The van der Waals surface area contributed by atoms with Crippen LogP contribution in [0.1, 0.15) is 48.0 Å². The zero-order valence-corrected chi connectivity index (χ0v) is 18.4. The second-order valence-electron chi connectivity index (χ2n) is 8.03. The normalized spacial score (nSPS) is 38.4. The Labute approximate surface area is 167 Å². The standard InChI is InChI=1S/C18H35O9P/c1-10(2)22-8-15-14(7-12(5)25-15)27-28(20,21)23-9-16-18(24-11(3)4)17(19)13(6)26-16/h10-19H,7-9H2,1-6H3,(H,20,21)/t12-,13-,14?,15+,16+,17-,18?/m0/s1. The molecule has 2 saturated heterocycles. The van der Waals surface area contributed by atoms with Crippen LogP contribution in [-0.4, -0.2) is 78.1 Å². The van der Waals surface area contributed by atoms with Gasteiger partial charge in [-0.15, -0.1) is 0 Å². The molecule has 0 aromatic rings. The van der Waals surface area contributed by atoms with E-state index in [1.54, 1.807) is 6.92 Å². The topological polar surface area (TPSA) is 113 Å². The molecule has 0 radical (unpaired) electrons. The average Bonchev–Trinajstić information content (AvgIpc) is 3.04. The Morgan fingerprint density at radius 1 is 1.07 bits per heavy atom. The first-order valence-electron chi connectivity index (χ1n) is 9.90. The lowest BCUT2D eigenvalue weighted by molar-refractivity contribution is -0.0804. The molecule has 2 aliphatic rings. The third kappa shape index (κ3) is 7.00. The monoisotopic (exact) mass is 426 g/mol. The summed E-state index contributed by atoms with van der Waals surface area (Å²) >= 11 is 0. The van der Waals surface area contributed by atoms with Gasteiger partial charge in [0.25, 0.3) is 0 Å². The molecular formula is C18H35O9P. The fourth-order valence-corrected chi connectivity index (χ4v) is 4.33. The van der Waals surface area contributed by atoms with Gasteiger partial charge in [-0.05, 0) is 41.5 Å². The van der Waals surface area contributed by atoms with Crippen LogP contribution in [-0.2, 0) is 32.6 Å². The third-order valence-corrected chi connectivity index (χ3v) is 5.67. The van der Waals surface area contributed by atoms with Crippen LogP contribution in [0.25, 0.3) is 0 Å². The molecule has 0 aromatic carbocycles. The van der Waals surface area contributed by atoms with Gasteiger partial charge < -0.3 is 28.9 Å². The van der Waals surface area contributed by atoms with Gasteiger partial charge in [-0.2, -0.15) is 0 Å². The Bertz CT molecular complexity index is 529. The first-order chi connectivity index (χ1) is 13.0. The summed E-state index contributed by atoms with van der Waals surface area (Å²) < 4.78 is 45.6. The van der Waals surface area contributed by atoms with Gasteiger partial charge in [0.15, 0.2) is 0 Å². The minimum atomic E-state index is -4.36. The number of rotatable bonds is 10. The van der Waals surface area contributed by atoms with Crippen molar-refractivity contribution in [2.45, 2.75) is 103 Å². The maximum Gasteiger partial charge on any atom is 0.472 e. The number of phosphoric ester groups is 1. The van der Waals surface area contributed by atoms with Crippen molar-refractivity contribution >= 4 is 7.82 Å². The van der Waals surface area contributed by atoms with E-state index in [2.05, 4.69) is 0 Å². The van der Waals surface area contributed by atoms with Crippen molar-refractivity contribution in [3.05, 3.63) is 0 Å². The molecule has 10 heteroatoms. The van der Waals surface area contributed by atoms with Gasteiger partial charge in [0.05, 0.1) is 37.6 Å². The molecule has 9 nitrogen and oxygen atoms in total. The third-order valence-electron chi connectivity index (χ3n) is 4.65. The van der Waals surface area contributed by atoms with Gasteiger partial charge >= 0.3 is 7.82 Å². The Balaban J connectivity index is 1.90. The van der Waals surface area contributed by atoms with Crippen LogP contribution in [0.4, 0.5) is 0 Å². The van der Waals surface area contributed by atoms with Crippen LogP contribution in [0.2, 0.25) is 0 Å². The van der Waals surface area contributed by atoms with Gasteiger partial charge in [-0.3, -0.25) is 9.05 Å². The van der Waals surface area contributed by atoms with Crippen molar-refractivity contribution in [1.29, 1.82) is 0 Å². The van der Waals surface area contributed by atoms with Crippen LogP contribution >= 0.6 is 7.82 Å². The summed E-state index contributed by atoms with van der Waals surface area (Å²) in [5, 5.41) is 10.2. The van der Waals surface area contributed by atoms with Crippen molar-refractivity contribution in [2.24, 2.45) is 0 Å². The number of ether oxygens (including phenoxy) is 4. The zero-order chi connectivity index (χ0) is 21.1. The lowest BCUT2D eigenvalue weighted by atomic mass is 10.1. The second kappa shape index (κ2) is 10.3. The van der Waals surface area contributed by atoms with Crippen LogP contribution in [0.15, 0.2) is 0 Å². The molecule has 166 valence electrons. The predicted molar refractivity (Wildman–Crippen MR) is 101 cm³/mol. The van der Waals surface area contributed by atoms with Gasteiger partial charge in [0.2, 0.25) is 0 Å². The Hall–Kier alpha value is -0.0900. The Morgan fingerprint density at radius 2 is 1.75 bits per heavy atom. The van der Waals surface area contributed by atoms with Crippen molar-refractivity contribution in [2.75, 3.05) is 13.2 Å². The number of hydrogen-bond donors (Lipinski definition) is 2. The fraction of sp³-hybridized carbons (Fsp3) is 1.00. The van der Waals surface area contributed by atoms with E-state index in [-0.39, 0.29) is 31.5 Å². The van der Waals surface area contributed by atoms with Crippen molar-refractivity contribution in [3.8, 4) is 0 Å². The van der Waals surface area contributed by atoms with E-state index in [4.69, 9.17) is 28.0 Å². The van der Waals surface area contributed by atoms with Gasteiger partial charge in [0.1, 0.15) is 30.5 Å². The van der Waals surface area contributed by atoms with Crippen molar-refractivity contribution in [1.82, 2.24) is 0 Å². The minimum absolute atomic E-state index is 0.0168. The van der Waals surface area contributed by atoms with E-state index in [1.165, 1.54) is 0 Å². The predicted octanol–water partition coefficient (Wildman–Crippen LogP) is 2.03. The molecule has 0 spiro atoms. The van der Waals surface area contributed by atoms with Crippen LogP contribution < -0.4 is 0 Å². The van der Waals surface area contributed by atoms with E-state index in [1.807, 2.05) is 34.6 Å². The molecule has 0 aliphatic carbocycles. The van der Waals surface area contributed by atoms with Crippen LogP contribution in [0, 0.1) is 0 Å². The summed E-state index contributed by atoms with van der Waals surface area (Å²) in [6.07, 6.45) is -3.42. The highest BCUT2D eigenvalue weighted by Gasteiger charge is 2.45. The molecule has 2 aliphatic heterocycles. The number of aliphatic hydroxyl groups is 1. The summed E-state index contributed by atoms with van der Waals surface area (Å²) in [6, 6.07) is 0. The van der Waals surface area contributed by atoms with Gasteiger partial charge in [0, 0.05) is 6.42 Å². The molecule has 0 bridgehead atoms. The van der Waals surface area contributed by atoms with E-state index in [0.717, 1.165) is 0 Å². The molecule has 0 saturated carbocycles. The first-order valence-corrected chi connectivity index (χ1v) is 11.4. The molecule has 28 heavy (non-hydrogen) atoms. The molecular weight excluding hydrogens is 391 g/mol. The molecule has 2 N–H and O–H groups in total. The van der Waals surface area contributed by atoms with E-state index in [0.29, 0.717) is 6.42 Å². The molecule has 3 unspecified atom stereocenters. The zero-order valence-electron chi connectivity index (χ0n) is 17.5. The number of hydrogen-bond acceptors (Lipinski definition) is 8. The van der Waals surface area contributed by atoms with Gasteiger partial charge in [-0.1, -0.05) is 0 Å². The van der Waals surface area contributed by atoms with Crippen LogP contribution in [0.3, 0.4) is 0 Å². The van der Waals surface area contributed by atoms with E-state index >= 15 is 0 Å². The highest BCUT2D eigenvalue weighted by molar-refractivity contribution is 7.47. The molecule has 2 heterocycles. The SMILES string of the molecule is CC(C)OC[C@H]1O[C@@H](C)CC1OP(=O)(O)OC[C@H]1O[C@@H](C)[C@H](O)C1OC(C)C. The summed E-state index contributed by atoms with van der Waals surface area (Å²) in [6.45, 7) is 11.1. The largest absolute Gasteiger partial charge is 0.472 e. The quantitative estimate of drug-likeness (QED) is 0.507.